The maximum absolute atomic E-state index is 12.0. The summed E-state index contributed by atoms with van der Waals surface area (Å²) in [4.78, 5) is 27.2. The minimum Gasteiger partial charge on any atom is -0.481 e. The number of carbonyl (C=O) groups excluding carboxylic acids is 1. The summed E-state index contributed by atoms with van der Waals surface area (Å²) in [7, 11) is 0. The van der Waals surface area contributed by atoms with Crippen molar-refractivity contribution >= 4 is 23.6 Å². The van der Waals surface area contributed by atoms with Gasteiger partial charge in [0.2, 0.25) is 0 Å². The minimum absolute atomic E-state index is 0.0354. The number of carboxylic acids is 1. The highest BCUT2D eigenvalue weighted by atomic mass is 32.2. The van der Waals surface area contributed by atoms with Gasteiger partial charge in [-0.25, -0.2) is 4.98 Å². The highest BCUT2D eigenvalue weighted by Gasteiger charge is 2.22. The van der Waals surface area contributed by atoms with Gasteiger partial charge >= 0.3 is 5.97 Å². The lowest BCUT2D eigenvalue weighted by Crippen LogP contribution is -2.35. The standard InChI is InChI=1S/C13H18N2O3S/c1-8(2)10(13(17)18)7-15-11(16)9-5-4-6-14-12(9)19-3/h4-6,8,10H,7H2,1-3H3,(H,15,16)(H,17,18). The monoisotopic (exact) mass is 282 g/mol. The van der Waals surface area contributed by atoms with Crippen molar-refractivity contribution in [1.82, 2.24) is 10.3 Å². The zero-order valence-corrected chi connectivity index (χ0v) is 12.0. The molecule has 2 N–H and O–H groups in total. The number of hydrogen-bond donors (Lipinski definition) is 2. The molecule has 1 amide bonds. The first-order chi connectivity index (χ1) is 8.97. The first-order valence-electron chi connectivity index (χ1n) is 5.97. The number of nitrogens with zero attached hydrogens (tertiary/aromatic N) is 1. The number of pyridine rings is 1. The van der Waals surface area contributed by atoms with Crippen molar-refractivity contribution in [3.8, 4) is 0 Å². The van der Waals surface area contributed by atoms with Crippen molar-refractivity contribution in [2.75, 3.05) is 12.8 Å². The summed E-state index contributed by atoms with van der Waals surface area (Å²) >= 11 is 1.38. The van der Waals surface area contributed by atoms with E-state index >= 15 is 0 Å². The number of aromatic nitrogens is 1. The van der Waals surface area contributed by atoms with E-state index in [2.05, 4.69) is 10.3 Å². The number of aliphatic carboxylic acids is 1. The van der Waals surface area contributed by atoms with E-state index in [9.17, 15) is 9.59 Å². The molecule has 0 aromatic carbocycles. The van der Waals surface area contributed by atoms with Gasteiger partial charge in [0.05, 0.1) is 11.5 Å². The van der Waals surface area contributed by atoms with E-state index in [1.54, 1.807) is 18.3 Å². The van der Waals surface area contributed by atoms with Gasteiger partial charge in [-0.15, -0.1) is 11.8 Å². The highest BCUT2D eigenvalue weighted by molar-refractivity contribution is 7.98. The van der Waals surface area contributed by atoms with Gasteiger partial charge in [0.1, 0.15) is 5.03 Å². The van der Waals surface area contributed by atoms with Crippen molar-refractivity contribution in [2.24, 2.45) is 11.8 Å². The van der Waals surface area contributed by atoms with Crippen LogP contribution in [0, 0.1) is 11.8 Å². The predicted octanol–water partition coefficient (Wildman–Crippen LogP) is 1.89. The zero-order chi connectivity index (χ0) is 14.4. The minimum atomic E-state index is -0.897. The lowest BCUT2D eigenvalue weighted by molar-refractivity contribution is -0.142. The molecule has 1 heterocycles. The molecule has 1 aromatic heterocycles. The lowest BCUT2D eigenvalue weighted by Gasteiger charge is -2.17. The summed E-state index contributed by atoms with van der Waals surface area (Å²) in [5.74, 6) is -1.80. The molecule has 19 heavy (non-hydrogen) atoms. The second-order valence-electron chi connectivity index (χ2n) is 4.46. The Morgan fingerprint density at radius 2 is 2.16 bits per heavy atom. The van der Waals surface area contributed by atoms with E-state index in [0.29, 0.717) is 10.6 Å². The van der Waals surface area contributed by atoms with Crippen LogP contribution in [0.3, 0.4) is 0 Å². The summed E-state index contributed by atoms with van der Waals surface area (Å²) in [5.41, 5.74) is 0.475. The number of thioether (sulfide) groups is 1. The van der Waals surface area contributed by atoms with Crippen molar-refractivity contribution in [1.29, 1.82) is 0 Å². The molecule has 104 valence electrons. The van der Waals surface area contributed by atoms with Gasteiger partial charge in [-0.05, 0) is 24.3 Å². The summed E-state index contributed by atoms with van der Waals surface area (Å²) in [6.07, 6.45) is 3.46. The molecule has 0 saturated carbocycles. The number of carbonyl (C=O) groups is 2. The molecule has 5 nitrogen and oxygen atoms in total. The van der Waals surface area contributed by atoms with Gasteiger partial charge in [-0.3, -0.25) is 9.59 Å². The number of carboxylic acid groups (broad SMARTS) is 1. The van der Waals surface area contributed by atoms with Crippen molar-refractivity contribution < 1.29 is 14.7 Å². The molecule has 1 atom stereocenters. The van der Waals surface area contributed by atoms with Crippen molar-refractivity contribution in [2.45, 2.75) is 18.9 Å². The van der Waals surface area contributed by atoms with Gasteiger partial charge in [-0.1, -0.05) is 13.8 Å². The third-order valence-electron chi connectivity index (χ3n) is 2.81. The lowest BCUT2D eigenvalue weighted by atomic mass is 9.96. The van der Waals surface area contributed by atoms with Crippen molar-refractivity contribution in [3.63, 3.8) is 0 Å². The quantitative estimate of drug-likeness (QED) is 0.779. The Hall–Kier alpha value is -1.56. The average Bonchev–Trinajstić information content (AvgIpc) is 2.37. The molecule has 0 bridgehead atoms. The Morgan fingerprint density at radius 1 is 1.47 bits per heavy atom. The number of amides is 1. The molecule has 0 aliphatic heterocycles. The molecule has 1 unspecified atom stereocenters. The Labute approximate surface area is 116 Å². The molecular weight excluding hydrogens is 264 g/mol. The second-order valence-corrected chi connectivity index (χ2v) is 5.25. The fraction of sp³-hybridized carbons (Fsp3) is 0.462. The second kappa shape index (κ2) is 7.13. The molecular formula is C13H18N2O3S. The van der Waals surface area contributed by atoms with E-state index in [-0.39, 0.29) is 18.4 Å². The van der Waals surface area contributed by atoms with E-state index < -0.39 is 11.9 Å². The highest BCUT2D eigenvalue weighted by Crippen LogP contribution is 2.17. The average molecular weight is 282 g/mol. The Morgan fingerprint density at radius 3 is 2.68 bits per heavy atom. The molecule has 0 radical (unpaired) electrons. The third kappa shape index (κ3) is 4.24. The van der Waals surface area contributed by atoms with Crippen LogP contribution in [0.25, 0.3) is 0 Å². The van der Waals surface area contributed by atoms with Crippen LogP contribution in [0.1, 0.15) is 24.2 Å². The summed E-state index contributed by atoms with van der Waals surface area (Å²) in [5, 5.41) is 12.4. The number of hydrogen-bond acceptors (Lipinski definition) is 4. The fourth-order valence-corrected chi connectivity index (χ4v) is 2.18. The molecule has 0 aliphatic rings. The largest absolute Gasteiger partial charge is 0.481 e. The molecule has 6 heteroatoms. The van der Waals surface area contributed by atoms with Crippen LogP contribution in [0.4, 0.5) is 0 Å². The maximum Gasteiger partial charge on any atom is 0.308 e. The molecule has 0 fully saturated rings. The smallest absolute Gasteiger partial charge is 0.308 e. The summed E-state index contributed by atoms with van der Waals surface area (Å²) < 4.78 is 0. The molecule has 0 spiro atoms. The topological polar surface area (TPSA) is 79.3 Å². The Balaban J connectivity index is 2.72. The summed E-state index contributed by atoms with van der Waals surface area (Å²) in [6.45, 7) is 3.76. The van der Waals surface area contributed by atoms with Crippen LogP contribution in [-0.2, 0) is 4.79 Å². The first-order valence-corrected chi connectivity index (χ1v) is 7.19. The molecule has 0 saturated heterocycles. The van der Waals surface area contributed by atoms with E-state index in [0.717, 1.165) is 0 Å². The molecule has 0 aliphatic carbocycles. The third-order valence-corrected chi connectivity index (χ3v) is 3.53. The number of rotatable bonds is 6. The van der Waals surface area contributed by atoms with Gasteiger partial charge in [0, 0.05) is 12.7 Å². The van der Waals surface area contributed by atoms with Crippen molar-refractivity contribution in [3.05, 3.63) is 23.9 Å². The van der Waals surface area contributed by atoms with Gasteiger partial charge < -0.3 is 10.4 Å². The van der Waals surface area contributed by atoms with Crippen LogP contribution in [-0.4, -0.2) is 34.8 Å². The normalized spacial score (nSPS) is 12.2. The predicted molar refractivity (Wildman–Crippen MR) is 74.3 cm³/mol. The molecule has 1 rings (SSSR count). The van der Waals surface area contributed by atoms with E-state index in [1.807, 2.05) is 20.1 Å². The Bertz CT molecular complexity index is 463. The number of nitrogens with one attached hydrogen (secondary N) is 1. The Kier molecular flexibility index (Phi) is 5.82. The van der Waals surface area contributed by atoms with E-state index in [1.165, 1.54) is 11.8 Å². The van der Waals surface area contributed by atoms with Crippen LogP contribution < -0.4 is 5.32 Å². The fourth-order valence-electron chi connectivity index (χ4n) is 1.63. The van der Waals surface area contributed by atoms with Crippen LogP contribution in [0.5, 0.6) is 0 Å². The van der Waals surface area contributed by atoms with Gasteiger partial charge in [-0.2, -0.15) is 0 Å². The van der Waals surface area contributed by atoms with Gasteiger partial charge in [0.25, 0.3) is 5.91 Å². The summed E-state index contributed by atoms with van der Waals surface area (Å²) in [6, 6.07) is 3.37. The first kappa shape index (κ1) is 15.5. The van der Waals surface area contributed by atoms with E-state index in [4.69, 9.17) is 5.11 Å². The van der Waals surface area contributed by atoms with Crippen LogP contribution >= 0.6 is 11.8 Å². The zero-order valence-electron chi connectivity index (χ0n) is 11.2. The molecule has 1 aromatic rings. The van der Waals surface area contributed by atoms with Crippen LogP contribution in [0.15, 0.2) is 23.4 Å². The SMILES string of the molecule is CSc1ncccc1C(=O)NCC(C(=O)O)C(C)C. The van der Waals surface area contributed by atoms with Gasteiger partial charge in [0.15, 0.2) is 0 Å². The maximum atomic E-state index is 12.0. The van der Waals surface area contributed by atoms with Crippen LogP contribution in [0.2, 0.25) is 0 Å².